The lowest BCUT2D eigenvalue weighted by Crippen LogP contribution is -2.41. The van der Waals surface area contributed by atoms with Crippen molar-refractivity contribution in [3.8, 4) is 5.75 Å². The van der Waals surface area contributed by atoms with Crippen molar-refractivity contribution in [2.24, 2.45) is 0 Å². The molecule has 0 saturated carbocycles. The van der Waals surface area contributed by atoms with Gasteiger partial charge in [0, 0.05) is 0 Å². The highest BCUT2D eigenvalue weighted by molar-refractivity contribution is 7.89. The van der Waals surface area contributed by atoms with E-state index in [2.05, 4.69) is 10.0 Å². The number of anilines is 1. The van der Waals surface area contributed by atoms with Gasteiger partial charge in [-0.1, -0.05) is 29.3 Å². The molecule has 26 heavy (non-hydrogen) atoms. The molecule has 9 heteroatoms. The molecule has 0 unspecified atom stereocenters. The van der Waals surface area contributed by atoms with E-state index < -0.39 is 22.0 Å². The van der Waals surface area contributed by atoms with Crippen LogP contribution < -0.4 is 14.8 Å². The summed E-state index contributed by atoms with van der Waals surface area (Å²) in [5, 5.41) is 3.02. The van der Waals surface area contributed by atoms with E-state index in [0.717, 1.165) is 0 Å². The van der Waals surface area contributed by atoms with Crippen LogP contribution in [0.5, 0.6) is 5.75 Å². The second-order valence-corrected chi connectivity index (χ2v) is 7.84. The Labute approximate surface area is 162 Å². The number of benzene rings is 2. The lowest BCUT2D eigenvalue weighted by Gasteiger charge is -2.15. The van der Waals surface area contributed by atoms with Crippen molar-refractivity contribution in [3.05, 3.63) is 52.5 Å². The van der Waals surface area contributed by atoms with E-state index in [1.165, 1.54) is 19.1 Å². The number of rotatable bonds is 7. The number of carbonyl (C=O) groups is 1. The van der Waals surface area contributed by atoms with Gasteiger partial charge in [-0.05, 0) is 50.2 Å². The summed E-state index contributed by atoms with van der Waals surface area (Å²) in [5.41, 5.74) is 0.302. The number of halogens is 2. The highest BCUT2D eigenvalue weighted by Crippen LogP contribution is 2.29. The van der Waals surface area contributed by atoms with Crippen LogP contribution in [0.15, 0.2) is 47.4 Å². The third-order valence-corrected chi connectivity index (χ3v) is 5.76. The predicted molar refractivity (Wildman–Crippen MR) is 102 cm³/mol. The molecule has 0 heterocycles. The lowest BCUT2D eigenvalue weighted by atomic mass is 10.3. The molecule has 1 amide bonds. The van der Waals surface area contributed by atoms with Gasteiger partial charge >= 0.3 is 0 Å². The topological polar surface area (TPSA) is 84.5 Å². The Hall–Kier alpha value is -1.80. The predicted octanol–water partition coefficient (Wildman–Crippen LogP) is 3.70. The second kappa shape index (κ2) is 8.73. The van der Waals surface area contributed by atoms with Crippen LogP contribution in [-0.4, -0.2) is 27.0 Å². The van der Waals surface area contributed by atoms with E-state index >= 15 is 0 Å². The Morgan fingerprint density at radius 2 is 1.81 bits per heavy atom. The molecule has 0 fully saturated rings. The average molecular weight is 417 g/mol. The smallest absolute Gasteiger partial charge is 0.242 e. The molecule has 0 bridgehead atoms. The summed E-state index contributed by atoms with van der Waals surface area (Å²) in [6, 6.07) is 9.66. The Morgan fingerprint density at radius 3 is 2.42 bits per heavy atom. The van der Waals surface area contributed by atoms with E-state index in [1.54, 1.807) is 30.3 Å². The van der Waals surface area contributed by atoms with Gasteiger partial charge < -0.3 is 10.1 Å². The molecule has 2 rings (SSSR count). The summed E-state index contributed by atoms with van der Waals surface area (Å²) in [6.45, 7) is 3.74. The van der Waals surface area contributed by atoms with Crippen molar-refractivity contribution in [1.29, 1.82) is 0 Å². The van der Waals surface area contributed by atoms with Crippen LogP contribution in [0, 0.1) is 0 Å². The summed E-state index contributed by atoms with van der Waals surface area (Å²) < 4.78 is 32.4. The fraction of sp³-hybridized carbons (Fsp3) is 0.235. The first-order chi connectivity index (χ1) is 12.2. The van der Waals surface area contributed by atoms with Gasteiger partial charge in [0.2, 0.25) is 15.9 Å². The Bertz CT molecular complexity index is 886. The summed E-state index contributed by atoms with van der Waals surface area (Å²) in [7, 11) is -3.87. The molecule has 6 nitrogen and oxygen atoms in total. The van der Waals surface area contributed by atoms with Crippen molar-refractivity contribution in [3.63, 3.8) is 0 Å². The van der Waals surface area contributed by atoms with Crippen molar-refractivity contribution in [1.82, 2.24) is 4.72 Å². The van der Waals surface area contributed by atoms with Gasteiger partial charge in [0.1, 0.15) is 5.75 Å². The molecule has 0 aliphatic rings. The van der Waals surface area contributed by atoms with E-state index in [1.807, 2.05) is 6.92 Å². The number of ether oxygens (including phenoxy) is 1. The Kier molecular flexibility index (Phi) is 6.88. The minimum absolute atomic E-state index is 0.0291. The highest BCUT2D eigenvalue weighted by atomic mass is 35.5. The van der Waals surface area contributed by atoms with Gasteiger partial charge in [-0.25, -0.2) is 8.42 Å². The number of hydrogen-bond acceptors (Lipinski definition) is 4. The molecule has 0 aromatic heterocycles. The highest BCUT2D eigenvalue weighted by Gasteiger charge is 2.22. The number of carbonyl (C=O) groups excluding carboxylic acids is 1. The molecule has 0 aliphatic heterocycles. The van der Waals surface area contributed by atoms with E-state index in [9.17, 15) is 13.2 Å². The van der Waals surface area contributed by atoms with Crippen LogP contribution in [0.4, 0.5) is 5.69 Å². The third-order valence-electron chi connectivity index (χ3n) is 3.38. The molecule has 2 aromatic carbocycles. The quantitative estimate of drug-likeness (QED) is 0.720. The standard InChI is InChI=1S/C17H18Cl2N2O4S/c1-3-25-12-7-9-13(10-8-12)26(23,24)21-11(2)17(22)20-15-6-4-5-14(18)16(15)19/h4-11,21H,3H2,1-2H3,(H,20,22)/t11-/m1/s1. The van der Waals surface area contributed by atoms with Crippen molar-refractivity contribution < 1.29 is 17.9 Å². The average Bonchev–Trinajstić information content (AvgIpc) is 2.59. The van der Waals surface area contributed by atoms with E-state index in [4.69, 9.17) is 27.9 Å². The van der Waals surface area contributed by atoms with Crippen LogP contribution in [0.25, 0.3) is 0 Å². The van der Waals surface area contributed by atoms with Crippen LogP contribution in [-0.2, 0) is 14.8 Å². The molecule has 0 saturated heterocycles. The van der Waals surface area contributed by atoms with Crippen LogP contribution >= 0.6 is 23.2 Å². The zero-order valence-electron chi connectivity index (χ0n) is 14.1. The molecule has 2 aromatic rings. The van der Waals surface area contributed by atoms with Gasteiger partial charge in [-0.15, -0.1) is 0 Å². The summed E-state index contributed by atoms with van der Waals surface area (Å²) in [6.07, 6.45) is 0. The largest absolute Gasteiger partial charge is 0.494 e. The lowest BCUT2D eigenvalue weighted by molar-refractivity contribution is -0.117. The molecule has 0 radical (unpaired) electrons. The number of hydrogen-bond donors (Lipinski definition) is 2. The van der Waals surface area contributed by atoms with E-state index in [-0.39, 0.29) is 14.9 Å². The van der Waals surface area contributed by atoms with Crippen molar-refractivity contribution in [2.75, 3.05) is 11.9 Å². The molecular weight excluding hydrogens is 399 g/mol. The fourth-order valence-corrected chi connectivity index (χ4v) is 3.63. The van der Waals surface area contributed by atoms with Crippen molar-refractivity contribution >= 4 is 44.8 Å². The zero-order valence-corrected chi connectivity index (χ0v) is 16.5. The molecule has 1 atom stereocenters. The summed E-state index contributed by atoms with van der Waals surface area (Å²) >= 11 is 11.9. The number of sulfonamides is 1. The zero-order chi connectivity index (χ0) is 19.3. The second-order valence-electron chi connectivity index (χ2n) is 5.34. The SMILES string of the molecule is CCOc1ccc(S(=O)(=O)N[C@H](C)C(=O)Nc2cccc(Cl)c2Cl)cc1. The minimum Gasteiger partial charge on any atom is -0.494 e. The van der Waals surface area contributed by atoms with Gasteiger partial charge in [0.15, 0.2) is 0 Å². The van der Waals surface area contributed by atoms with Gasteiger partial charge in [0.25, 0.3) is 0 Å². The van der Waals surface area contributed by atoms with Crippen LogP contribution in [0.3, 0.4) is 0 Å². The summed E-state index contributed by atoms with van der Waals surface area (Å²) in [4.78, 5) is 12.3. The first kappa shape index (κ1) is 20.5. The van der Waals surface area contributed by atoms with Gasteiger partial charge in [-0.2, -0.15) is 4.72 Å². The third kappa shape index (κ3) is 5.11. The first-order valence-corrected chi connectivity index (χ1v) is 9.98. The minimum atomic E-state index is -3.87. The Morgan fingerprint density at radius 1 is 1.15 bits per heavy atom. The maximum atomic E-state index is 12.4. The molecular formula is C17H18Cl2N2O4S. The maximum absolute atomic E-state index is 12.4. The molecule has 0 aliphatic carbocycles. The fourth-order valence-electron chi connectivity index (χ4n) is 2.08. The molecule has 2 N–H and O–H groups in total. The first-order valence-electron chi connectivity index (χ1n) is 7.74. The van der Waals surface area contributed by atoms with Gasteiger partial charge in [-0.3, -0.25) is 4.79 Å². The summed E-state index contributed by atoms with van der Waals surface area (Å²) in [5.74, 6) is -0.00322. The molecule has 140 valence electrons. The molecule has 0 spiro atoms. The number of nitrogens with one attached hydrogen (secondary N) is 2. The van der Waals surface area contributed by atoms with E-state index in [0.29, 0.717) is 18.0 Å². The normalized spacial score (nSPS) is 12.5. The van der Waals surface area contributed by atoms with Crippen molar-refractivity contribution in [2.45, 2.75) is 24.8 Å². The van der Waals surface area contributed by atoms with Crippen LogP contribution in [0.1, 0.15) is 13.8 Å². The number of amides is 1. The Balaban J connectivity index is 2.08. The maximum Gasteiger partial charge on any atom is 0.242 e. The van der Waals surface area contributed by atoms with Gasteiger partial charge in [0.05, 0.1) is 33.3 Å². The monoisotopic (exact) mass is 416 g/mol. The van der Waals surface area contributed by atoms with Crippen LogP contribution in [0.2, 0.25) is 10.0 Å².